The first-order valence-electron chi connectivity index (χ1n) is 6.27. The fourth-order valence-corrected chi connectivity index (χ4v) is 2.12. The number of anilines is 1. The minimum absolute atomic E-state index is 0.0125. The van der Waals surface area contributed by atoms with E-state index >= 15 is 0 Å². The van der Waals surface area contributed by atoms with Gasteiger partial charge in [-0.1, -0.05) is 0 Å². The molecule has 1 aliphatic rings. The van der Waals surface area contributed by atoms with E-state index in [0.717, 1.165) is 6.42 Å². The second-order valence-electron chi connectivity index (χ2n) is 4.72. The molecule has 20 heavy (non-hydrogen) atoms. The van der Waals surface area contributed by atoms with Crippen molar-refractivity contribution >= 4 is 17.4 Å². The number of amides is 1. The van der Waals surface area contributed by atoms with Gasteiger partial charge in [-0.25, -0.2) is 4.98 Å². The van der Waals surface area contributed by atoms with E-state index in [9.17, 15) is 14.9 Å². The van der Waals surface area contributed by atoms with Gasteiger partial charge in [0.2, 0.25) is 5.91 Å². The van der Waals surface area contributed by atoms with Crippen LogP contribution in [0.5, 0.6) is 0 Å². The van der Waals surface area contributed by atoms with Crippen LogP contribution in [-0.2, 0) is 9.53 Å². The van der Waals surface area contributed by atoms with Crippen molar-refractivity contribution in [3.8, 4) is 0 Å². The molecule has 0 aromatic carbocycles. The lowest BCUT2D eigenvalue weighted by Crippen LogP contribution is -2.30. The van der Waals surface area contributed by atoms with E-state index in [2.05, 4.69) is 10.3 Å². The number of nitrogens with one attached hydrogen (secondary N) is 1. The molecule has 2 heterocycles. The maximum absolute atomic E-state index is 11.0. The fourth-order valence-electron chi connectivity index (χ4n) is 2.12. The van der Waals surface area contributed by atoms with E-state index in [0.29, 0.717) is 24.3 Å². The van der Waals surface area contributed by atoms with Gasteiger partial charge in [-0.15, -0.1) is 0 Å². The number of aromatic nitrogens is 1. The molecule has 2 rings (SSSR count). The largest absolute Gasteiger partial charge is 0.367 e. The minimum Gasteiger partial charge on any atom is -0.367 e. The number of primary amides is 1. The molecule has 1 saturated heterocycles. The van der Waals surface area contributed by atoms with Gasteiger partial charge in [-0.2, -0.15) is 0 Å². The number of ether oxygens (including phenoxy) is 1. The van der Waals surface area contributed by atoms with Crippen LogP contribution in [0.3, 0.4) is 0 Å². The van der Waals surface area contributed by atoms with Gasteiger partial charge in [0.15, 0.2) is 0 Å². The van der Waals surface area contributed by atoms with Crippen LogP contribution in [0.25, 0.3) is 0 Å². The zero-order valence-corrected chi connectivity index (χ0v) is 11.0. The Morgan fingerprint density at radius 3 is 2.95 bits per heavy atom. The lowest BCUT2D eigenvalue weighted by atomic mass is 10.2. The molecule has 1 amide bonds. The number of aryl methyl sites for hydroxylation is 1. The Balaban J connectivity index is 1.90. The summed E-state index contributed by atoms with van der Waals surface area (Å²) in [5, 5.41) is 13.7. The third kappa shape index (κ3) is 3.21. The van der Waals surface area contributed by atoms with Crippen molar-refractivity contribution in [1.82, 2.24) is 4.98 Å². The number of carbonyl (C=O) groups excluding carboxylic acids is 1. The highest BCUT2D eigenvalue weighted by atomic mass is 16.6. The minimum atomic E-state index is -0.520. The lowest BCUT2D eigenvalue weighted by molar-refractivity contribution is -0.385. The molecule has 0 unspecified atom stereocenters. The van der Waals surface area contributed by atoms with Crippen molar-refractivity contribution in [2.75, 3.05) is 11.9 Å². The van der Waals surface area contributed by atoms with E-state index in [1.165, 1.54) is 6.20 Å². The monoisotopic (exact) mass is 280 g/mol. The van der Waals surface area contributed by atoms with Crippen molar-refractivity contribution in [2.24, 2.45) is 5.73 Å². The summed E-state index contributed by atoms with van der Waals surface area (Å²) in [6.45, 7) is 2.13. The van der Waals surface area contributed by atoms with Gasteiger partial charge < -0.3 is 15.8 Å². The Morgan fingerprint density at radius 2 is 2.40 bits per heavy atom. The van der Waals surface area contributed by atoms with Gasteiger partial charge in [0.05, 0.1) is 11.0 Å². The summed E-state index contributed by atoms with van der Waals surface area (Å²) in [6.07, 6.45) is 1.96. The van der Waals surface area contributed by atoms with Crippen LogP contribution in [-0.4, -0.2) is 34.6 Å². The SMILES string of the molecule is Cc1cc(NC[C@@H]2CC[C@H](C(N)=O)O2)ncc1[N+](=O)[O-]. The quantitative estimate of drug-likeness (QED) is 0.606. The van der Waals surface area contributed by atoms with E-state index < -0.39 is 16.9 Å². The van der Waals surface area contributed by atoms with Crippen LogP contribution in [0.15, 0.2) is 12.3 Å². The van der Waals surface area contributed by atoms with Crippen molar-refractivity contribution in [2.45, 2.75) is 32.0 Å². The standard InChI is InChI=1S/C12H16N4O4/c1-7-4-11(15-6-9(7)16(18)19)14-5-8-2-3-10(20-8)12(13)17/h4,6,8,10H,2-3,5H2,1H3,(H2,13,17)(H,14,15)/t8-,10+/m0/s1. The molecular formula is C12H16N4O4. The number of nitro groups is 1. The van der Waals surface area contributed by atoms with Crippen LogP contribution in [0.2, 0.25) is 0 Å². The molecule has 2 atom stereocenters. The summed E-state index contributed by atoms with van der Waals surface area (Å²) < 4.78 is 5.46. The van der Waals surface area contributed by atoms with Crippen molar-refractivity contribution in [3.63, 3.8) is 0 Å². The molecule has 0 bridgehead atoms. The molecule has 8 nitrogen and oxygen atoms in total. The number of hydrogen-bond acceptors (Lipinski definition) is 6. The molecule has 0 spiro atoms. The summed E-state index contributed by atoms with van der Waals surface area (Å²) in [7, 11) is 0. The predicted octanol–water partition coefficient (Wildman–Crippen LogP) is 0.743. The molecule has 108 valence electrons. The average Bonchev–Trinajstić information content (AvgIpc) is 2.85. The summed E-state index contributed by atoms with van der Waals surface area (Å²) in [5.41, 5.74) is 5.70. The summed E-state index contributed by atoms with van der Waals surface area (Å²) in [5.74, 6) is 0.0935. The van der Waals surface area contributed by atoms with Gasteiger partial charge >= 0.3 is 0 Å². The third-order valence-electron chi connectivity index (χ3n) is 3.22. The van der Waals surface area contributed by atoms with Crippen molar-refractivity contribution in [3.05, 3.63) is 27.9 Å². The van der Waals surface area contributed by atoms with Crippen LogP contribution >= 0.6 is 0 Å². The second kappa shape index (κ2) is 5.83. The first-order chi connectivity index (χ1) is 9.47. The van der Waals surface area contributed by atoms with Crippen LogP contribution in [0.1, 0.15) is 18.4 Å². The third-order valence-corrected chi connectivity index (χ3v) is 3.22. The Bertz CT molecular complexity index is 534. The molecule has 1 aromatic rings. The van der Waals surface area contributed by atoms with Gasteiger partial charge in [0, 0.05) is 12.1 Å². The molecule has 8 heteroatoms. The van der Waals surface area contributed by atoms with Gasteiger partial charge in [-0.3, -0.25) is 14.9 Å². The van der Waals surface area contributed by atoms with Gasteiger partial charge in [0.1, 0.15) is 18.1 Å². The van der Waals surface area contributed by atoms with Gasteiger partial charge in [-0.05, 0) is 25.8 Å². The summed E-state index contributed by atoms with van der Waals surface area (Å²) >= 11 is 0. The Kier molecular flexibility index (Phi) is 4.14. The zero-order valence-electron chi connectivity index (χ0n) is 11.0. The van der Waals surface area contributed by atoms with E-state index in [4.69, 9.17) is 10.5 Å². The molecular weight excluding hydrogens is 264 g/mol. The highest BCUT2D eigenvalue weighted by Crippen LogP contribution is 2.21. The van der Waals surface area contributed by atoms with Crippen LogP contribution in [0.4, 0.5) is 11.5 Å². The number of carbonyl (C=O) groups is 1. The number of rotatable bonds is 5. The lowest BCUT2D eigenvalue weighted by Gasteiger charge is -2.13. The van der Waals surface area contributed by atoms with Crippen molar-refractivity contribution < 1.29 is 14.5 Å². The Hall–Kier alpha value is -2.22. The molecule has 0 saturated carbocycles. The highest BCUT2D eigenvalue weighted by molar-refractivity contribution is 5.79. The summed E-state index contributed by atoms with van der Waals surface area (Å²) in [4.78, 5) is 25.2. The predicted molar refractivity (Wildman–Crippen MR) is 71.2 cm³/mol. The number of nitrogens with two attached hydrogens (primary N) is 1. The molecule has 3 N–H and O–H groups in total. The van der Waals surface area contributed by atoms with Crippen LogP contribution in [0, 0.1) is 17.0 Å². The van der Waals surface area contributed by atoms with Crippen molar-refractivity contribution in [1.29, 1.82) is 0 Å². The topological polar surface area (TPSA) is 120 Å². The Morgan fingerprint density at radius 1 is 1.65 bits per heavy atom. The molecule has 1 fully saturated rings. The van der Waals surface area contributed by atoms with E-state index in [-0.39, 0.29) is 11.8 Å². The molecule has 1 aliphatic heterocycles. The first kappa shape index (κ1) is 14.2. The number of nitrogens with zero attached hydrogens (tertiary/aromatic N) is 2. The number of hydrogen-bond donors (Lipinski definition) is 2. The second-order valence-corrected chi connectivity index (χ2v) is 4.72. The molecule has 1 aromatic heterocycles. The van der Waals surface area contributed by atoms with Gasteiger partial charge in [0.25, 0.3) is 5.69 Å². The smallest absolute Gasteiger partial charge is 0.290 e. The molecule has 0 radical (unpaired) electrons. The number of pyridine rings is 1. The van der Waals surface area contributed by atoms with E-state index in [1.54, 1.807) is 13.0 Å². The Labute approximate surface area is 115 Å². The summed E-state index contributed by atoms with van der Waals surface area (Å²) in [6, 6.07) is 1.61. The van der Waals surface area contributed by atoms with E-state index in [1.807, 2.05) is 0 Å². The average molecular weight is 280 g/mol. The van der Waals surface area contributed by atoms with Crippen LogP contribution < -0.4 is 11.1 Å². The normalized spacial score (nSPS) is 21.6. The fraction of sp³-hybridized carbons (Fsp3) is 0.500. The zero-order chi connectivity index (χ0) is 14.7. The molecule has 0 aliphatic carbocycles. The first-order valence-corrected chi connectivity index (χ1v) is 6.27. The maximum Gasteiger partial charge on any atom is 0.290 e. The highest BCUT2D eigenvalue weighted by Gasteiger charge is 2.28. The maximum atomic E-state index is 11.0.